The molecule has 1 fully saturated rings. The van der Waals surface area contributed by atoms with E-state index in [2.05, 4.69) is 20.6 Å². The van der Waals surface area contributed by atoms with Gasteiger partial charge in [0.1, 0.15) is 0 Å². The third-order valence-electron chi connectivity index (χ3n) is 3.59. The van der Waals surface area contributed by atoms with E-state index in [1.807, 2.05) is 24.3 Å². The van der Waals surface area contributed by atoms with Crippen LogP contribution in [-0.4, -0.2) is 22.6 Å². The van der Waals surface area contributed by atoms with Crippen LogP contribution in [0.2, 0.25) is 0 Å². The normalized spacial score (nSPS) is 13.4. The molecule has 0 aromatic carbocycles. The van der Waals surface area contributed by atoms with Gasteiger partial charge < -0.3 is 15.4 Å². The van der Waals surface area contributed by atoms with Crippen LogP contribution < -0.4 is 15.4 Å². The third kappa shape index (κ3) is 5.25. The Morgan fingerprint density at radius 3 is 2.52 bits per heavy atom. The number of hydrogen-bond donors (Lipinski definition) is 2. The summed E-state index contributed by atoms with van der Waals surface area (Å²) in [7, 11) is 0. The zero-order chi connectivity index (χ0) is 15.9. The number of ether oxygens (including phenoxy) is 1. The van der Waals surface area contributed by atoms with Gasteiger partial charge in [0, 0.05) is 37.7 Å². The Morgan fingerprint density at radius 1 is 1.13 bits per heavy atom. The number of hydrogen-bond acceptors (Lipinski definition) is 4. The third-order valence-corrected chi connectivity index (χ3v) is 3.59. The Balaban J connectivity index is 1.37. The van der Waals surface area contributed by atoms with Gasteiger partial charge in [0.25, 0.3) is 0 Å². The number of nitrogens with zero attached hydrogens (tertiary/aromatic N) is 2. The maximum Gasteiger partial charge on any atom is 0.315 e. The highest BCUT2D eigenvalue weighted by molar-refractivity contribution is 5.73. The van der Waals surface area contributed by atoms with Gasteiger partial charge in [-0.1, -0.05) is 12.1 Å². The molecule has 0 unspecified atom stereocenters. The Hall–Kier alpha value is -2.63. The summed E-state index contributed by atoms with van der Waals surface area (Å²) in [5.41, 5.74) is 1.89. The maximum absolute atomic E-state index is 11.8. The SMILES string of the molecule is O=C(NCc1cccnc1)NCc1ccc(OCC2CC2)nc1. The number of nitrogens with one attached hydrogen (secondary N) is 2. The molecule has 2 aromatic heterocycles. The van der Waals surface area contributed by atoms with Crippen molar-refractivity contribution in [3.8, 4) is 5.88 Å². The Kier molecular flexibility index (Phi) is 5.03. The number of rotatable bonds is 7. The average molecular weight is 312 g/mol. The van der Waals surface area contributed by atoms with Crippen LogP contribution in [0.3, 0.4) is 0 Å². The molecule has 2 N–H and O–H groups in total. The average Bonchev–Trinajstić information content (AvgIpc) is 3.42. The molecule has 0 bridgehead atoms. The second kappa shape index (κ2) is 7.58. The molecule has 0 saturated heterocycles. The number of carbonyl (C=O) groups is 1. The maximum atomic E-state index is 11.8. The Bertz CT molecular complexity index is 627. The van der Waals surface area contributed by atoms with Crippen LogP contribution in [0.1, 0.15) is 24.0 Å². The second-order valence-corrected chi connectivity index (χ2v) is 5.66. The molecule has 3 rings (SSSR count). The van der Waals surface area contributed by atoms with Crippen LogP contribution in [0.4, 0.5) is 4.79 Å². The van der Waals surface area contributed by atoms with E-state index in [1.165, 1.54) is 12.8 Å². The predicted molar refractivity (Wildman–Crippen MR) is 85.8 cm³/mol. The molecule has 0 atom stereocenters. The molecule has 23 heavy (non-hydrogen) atoms. The minimum absolute atomic E-state index is 0.220. The Labute approximate surface area is 135 Å². The number of urea groups is 1. The van der Waals surface area contributed by atoms with Gasteiger partial charge in [-0.15, -0.1) is 0 Å². The lowest BCUT2D eigenvalue weighted by molar-refractivity contribution is 0.240. The molecule has 1 aliphatic rings. The van der Waals surface area contributed by atoms with E-state index in [9.17, 15) is 4.79 Å². The van der Waals surface area contributed by atoms with Crippen LogP contribution >= 0.6 is 0 Å². The summed E-state index contributed by atoms with van der Waals surface area (Å²) in [6.07, 6.45) is 7.68. The molecule has 1 saturated carbocycles. The van der Waals surface area contributed by atoms with Crippen LogP contribution in [0.5, 0.6) is 5.88 Å². The van der Waals surface area contributed by atoms with E-state index in [0.29, 0.717) is 24.9 Å². The van der Waals surface area contributed by atoms with Crippen molar-refractivity contribution < 1.29 is 9.53 Å². The van der Waals surface area contributed by atoms with Gasteiger partial charge in [-0.25, -0.2) is 9.78 Å². The fourth-order valence-corrected chi connectivity index (χ4v) is 2.02. The monoisotopic (exact) mass is 312 g/mol. The summed E-state index contributed by atoms with van der Waals surface area (Å²) >= 11 is 0. The smallest absolute Gasteiger partial charge is 0.315 e. The molecule has 0 radical (unpaired) electrons. The van der Waals surface area contributed by atoms with Crippen molar-refractivity contribution >= 4 is 6.03 Å². The predicted octanol–water partition coefficient (Wildman–Crippen LogP) is 2.26. The summed E-state index contributed by atoms with van der Waals surface area (Å²) in [5, 5.41) is 5.58. The lowest BCUT2D eigenvalue weighted by Crippen LogP contribution is -2.34. The molecule has 0 spiro atoms. The summed E-state index contributed by atoms with van der Waals surface area (Å²) in [4.78, 5) is 20.0. The minimum atomic E-state index is -0.220. The summed E-state index contributed by atoms with van der Waals surface area (Å²) in [6, 6.07) is 7.29. The number of pyridine rings is 2. The first-order valence-electron chi connectivity index (χ1n) is 7.78. The van der Waals surface area contributed by atoms with E-state index in [0.717, 1.165) is 17.7 Å². The summed E-state index contributed by atoms with van der Waals surface area (Å²) in [6.45, 7) is 1.63. The number of aromatic nitrogens is 2. The fourth-order valence-electron chi connectivity index (χ4n) is 2.02. The standard InChI is InChI=1S/C17H20N4O2/c22-17(20-10-14-2-1-7-18-8-14)21-11-15-5-6-16(19-9-15)23-12-13-3-4-13/h1-2,5-9,13H,3-4,10-12H2,(H2,20,21,22). The second-order valence-electron chi connectivity index (χ2n) is 5.66. The van der Waals surface area contributed by atoms with Crippen LogP contribution in [0.15, 0.2) is 42.9 Å². The molecule has 0 aliphatic heterocycles. The topological polar surface area (TPSA) is 76.1 Å². The van der Waals surface area contributed by atoms with Gasteiger partial charge in [-0.05, 0) is 36.0 Å². The quantitative estimate of drug-likeness (QED) is 0.822. The van der Waals surface area contributed by atoms with Crippen molar-refractivity contribution in [2.45, 2.75) is 25.9 Å². The van der Waals surface area contributed by atoms with Crippen molar-refractivity contribution in [1.82, 2.24) is 20.6 Å². The van der Waals surface area contributed by atoms with Gasteiger partial charge in [0.05, 0.1) is 6.61 Å². The molecular formula is C17H20N4O2. The van der Waals surface area contributed by atoms with Crippen molar-refractivity contribution in [2.75, 3.05) is 6.61 Å². The molecule has 2 amide bonds. The molecule has 2 heterocycles. The lowest BCUT2D eigenvalue weighted by atomic mass is 10.3. The first-order valence-corrected chi connectivity index (χ1v) is 7.78. The van der Waals surface area contributed by atoms with Crippen LogP contribution in [0, 0.1) is 5.92 Å². The number of carbonyl (C=O) groups excluding carboxylic acids is 1. The van der Waals surface area contributed by atoms with Crippen molar-refractivity contribution in [1.29, 1.82) is 0 Å². The van der Waals surface area contributed by atoms with E-state index in [4.69, 9.17) is 4.74 Å². The largest absolute Gasteiger partial charge is 0.477 e. The summed E-state index contributed by atoms with van der Waals surface area (Å²) < 4.78 is 5.58. The molecule has 6 nitrogen and oxygen atoms in total. The van der Waals surface area contributed by atoms with E-state index in [1.54, 1.807) is 18.6 Å². The zero-order valence-electron chi connectivity index (χ0n) is 12.9. The first kappa shape index (κ1) is 15.3. The summed E-state index contributed by atoms with van der Waals surface area (Å²) in [5.74, 6) is 1.35. The molecule has 1 aliphatic carbocycles. The minimum Gasteiger partial charge on any atom is -0.477 e. The fraction of sp³-hybridized carbons (Fsp3) is 0.353. The lowest BCUT2D eigenvalue weighted by Gasteiger charge is -2.08. The van der Waals surface area contributed by atoms with Crippen LogP contribution in [-0.2, 0) is 13.1 Å². The first-order chi connectivity index (χ1) is 11.3. The number of amides is 2. The van der Waals surface area contributed by atoms with Gasteiger partial charge >= 0.3 is 6.03 Å². The van der Waals surface area contributed by atoms with Crippen molar-refractivity contribution in [2.24, 2.45) is 5.92 Å². The van der Waals surface area contributed by atoms with Crippen molar-refractivity contribution in [3.05, 3.63) is 54.0 Å². The Morgan fingerprint density at radius 2 is 1.91 bits per heavy atom. The van der Waals surface area contributed by atoms with Gasteiger partial charge in [-0.2, -0.15) is 0 Å². The van der Waals surface area contributed by atoms with Crippen molar-refractivity contribution in [3.63, 3.8) is 0 Å². The zero-order valence-corrected chi connectivity index (χ0v) is 12.9. The van der Waals surface area contributed by atoms with E-state index < -0.39 is 0 Å². The molecule has 2 aromatic rings. The molecular weight excluding hydrogens is 292 g/mol. The van der Waals surface area contributed by atoms with Gasteiger partial charge in [-0.3, -0.25) is 4.98 Å². The highest BCUT2D eigenvalue weighted by Gasteiger charge is 2.21. The molecule has 6 heteroatoms. The highest BCUT2D eigenvalue weighted by Crippen LogP contribution is 2.29. The highest BCUT2D eigenvalue weighted by atomic mass is 16.5. The van der Waals surface area contributed by atoms with Gasteiger partial charge in [0.2, 0.25) is 5.88 Å². The van der Waals surface area contributed by atoms with Crippen LogP contribution in [0.25, 0.3) is 0 Å². The van der Waals surface area contributed by atoms with E-state index >= 15 is 0 Å². The van der Waals surface area contributed by atoms with Gasteiger partial charge in [0.15, 0.2) is 0 Å². The molecule has 120 valence electrons. The van der Waals surface area contributed by atoms with E-state index in [-0.39, 0.29) is 6.03 Å².